The number of likely N-dealkylation sites (tertiary alicyclic amines) is 1. The van der Waals surface area contributed by atoms with Gasteiger partial charge < -0.3 is 5.73 Å². The fourth-order valence-electron chi connectivity index (χ4n) is 3.38. The molecule has 5 heteroatoms. The summed E-state index contributed by atoms with van der Waals surface area (Å²) in [4.78, 5) is 2.35. The van der Waals surface area contributed by atoms with E-state index in [9.17, 15) is 8.42 Å². The van der Waals surface area contributed by atoms with Crippen molar-refractivity contribution < 1.29 is 8.42 Å². The van der Waals surface area contributed by atoms with Crippen molar-refractivity contribution in [2.24, 2.45) is 17.6 Å². The molecule has 0 aromatic heterocycles. The van der Waals surface area contributed by atoms with Crippen molar-refractivity contribution in [3.8, 4) is 0 Å². The zero-order valence-electron chi connectivity index (χ0n) is 10.9. The lowest BCUT2D eigenvalue weighted by molar-refractivity contribution is 0.108. The molecule has 0 radical (unpaired) electrons. The number of fused-ring (bicyclic) bond motifs is 2. The summed E-state index contributed by atoms with van der Waals surface area (Å²) in [6.45, 7) is 2.48. The molecule has 19 heavy (non-hydrogen) atoms. The van der Waals surface area contributed by atoms with E-state index in [-0.39, 0.29) is 29.4 Å². The van der Waals surface area contributed by atoms with Gasteiger partial charge in [0.15, 0.2) is 9.84 Å². The number of rotatable bonds is 2. The van der Waals surface area contributed by atoms with Gasteiger partial charge in [0.2, 0.25) is 0 Å². The average Bonchev–Trinajstić information content (AvgIpc) is 2.33. The molecule has 2 fully saturated rings. The summed E-state index contributed by atoms with van der Waals surface area (Å²) in [5, 5.41) is 0. The van der Waals surface area contributed by atoms with Crippen LogP contribution in [0, 0.1) is 11.8 Å². The van der Waals surface area contributed by atoms with Gasteiger partial charge in [-0.05, 0) is 5.56 Å². The monoisotopic (exact) mass is 280 g/mol. The predicted molar refractivity (Wildman–Crippen MR) is 75.3 cm³/mol. The van der Waals surface area contributed by atoms with Crippen LogP contribution >= 0.6 is 0 Å². The van der Waals surface area contributed by atoms with E-state index in [1.807, 2.05) is 18.2 Å². The third-order valence-corrected chi connectivity index (χ3v) is 6.13. The van der Waals surface area contributed by atoms with Gasteiger partial charge in [-0.25, -0.2) is 8.42 Å². The molecule has 3 rings (SSSR count). The number of sulfone groups is 1. The second-order valence-electron chi connectivity index (χ2n) is 5.85. The van der Waals surface area contributed by atoms with Crippen LogP contribution in [0.1, 0.15) is 5.56 Å². The molecule has 0 saturated carbocycles. The van der Waals surface area contributed by atoms with E-state index in [1.165, 1.54) is 5.56 Å². The van der Waals surface area contributed by atoms with E-state index < -0.39 is 9.84 Å². The first-order chi connectivity index (χ1) is 9.03. The van der Waals surface area contributed by atoms with Gasteiger partial charge in [-0.3, -0.25) is 4.90 Å². The van der Waals surface area contributed by atoms with Crippen LogP contribution in [0.4, 0.5) is 0 Å². The van der Waals surface area contributed by atoms with Crippen LogP contribution in [0.25, 0.3) is 0 Å². The normalized spacial score (nSPS) is 34.1. The average molecular weight is 280 g/mol. The van der Waals surface area contributed by atoms with Gasteiger partial charge in [-0.2, -0.15) is 0 Å². The van der Waals surface area contributed by atoms with E-state index in [1.54, 1.807) is 0 Å². The van der Waals surface area contributed by atoms with E-state index in [4.69, 9.17) is 5.73 Å². The summed E-state index contributed by atoms with van der Waals surface area (Å²) >= 11 is 0. The van der Waals surface area contributed by atoms with Crippen molar-refractivity contribution in [1.29, 1.82) is 0 Å². The van der Waals surface area contributed by atoms with Gasteiger partial charge in [0.05, 0.1) is 11.5 Å². The smallest absolute Gasteiger partial charge is 0.151 e. The number of hydrogen-bond acceptors (Lipinski definition) is 4. The van der Waals surface area contributed by atoms with Gasteiger partial charge in [-0.15, -0.1) is 0 Å². The molecular weight excluding hydrogens is 260 g/mol. The molecule has 1 unspecified atom stereocenters. The largest absolute Gasteiger partial charge is 0.327 e. The summed E-state index contributed by atoms with van der Waals surface area (Å²) in [5.41, 5.74) is 7.45. The first-order valence-corrected chi connectivity index (χ1v) is 8.58. The maximum atomic E-state index is 11.8. The lowest BCUT2D eigenvalue weighted by Crippen LogP contribution is -2.60. The second kappa shape index (κ2) is 4.89. The Labute approximate surface area is 114 Å². The molecule has 0 amide bonds. The maximum Gasteiger partial charge on any atom is 0.151 e. The number of benzene rings is 1. The Morgan fingerprint density at radius 2 is 1.68 bits per heavy atom. The molecule has 104 valence electrons. The fraction of sp³-hybridized carbons (Fsp3) is 0.571. The van der Waals surface area contributed by atoms with Crippen LogP contribution < -0.4 is 5.73 Å². The van der Waals surface area contributed by atoms with Crippen molar-refractivity contribution in [2.45, 2.75) is 12.6 Å². The first kappa shape index (κ1) is 13.1. The molecule has 2 heterocycles. The summed E-state index contributed by atoms with van der Waals surface area (Å²) in [5.74, 6) is 0.716. The Bertz CT molecular complexity index is 522. The summed E-state index contributed by atoms with van der Waals surface area (Å²) in [6, 6.07) is 10.4. The minimum absolute atomic E-state index is 0.0514. The summed E-state index contributed by atoms with van der Waals surface area (Å²) in [6.07, 6.45) is 0. The van der Waals surface area contributed by atoms with Crippen molar-refractivity contribution >= 4 is 9.84 Å². The van der Waals surface area contributed by atoms with E-state index >= 15 is 0 Å². The van der Waals surface area contributed by atoms with Gasteiger partial charge in [-0.1, -0.05) is 30.3 Å². The molecule has 2 aliphatic rings. The van der Waals surface area contributed by atoms with E-state index in [0.717, 1.165) is 19.6 Å². The molecule has 1 aromatic carbocycles. The molecule has 2 bridgehead atoms. The quantitative estimate of drug-likeness (QED) is 0.856. The number of nitrogens with zero attached hydrogens (tertiary/aromatic N) is 1. The molecule has 0 spiro atoms. The highest BCUT2D eigenvalue weighted by Crippen LogP contribution is 2.30. The van der Waals surface area contributed by atoms with Gasteiger partial charge in [0.25, 0.3) is 0 Å². The standard InChI is InChI=1S/C14H20N2O2S/c15-14-12-7-16(6-11-4-2-1-3-5-11)8-13(14)10-19(17,18)9-12/h1-5,12-14H,6-10,15H2/t12-,13+,14?. The molecule has 1 aromatic rings. The van der Waals surface area contributed by atoms with Crippen molar-refractivity contribution in [3.63, 3.8) is 0 Å². The second-order valence-corrected chi connectivity index (χ2v) is 8.01. The highest BCUT2D eigenvalue weighted by atomic mass is 32.2. The van der Waals surface area contributed by atoms with Crippen LogP contribution in [0.3, 0.4) is 0 Å². The third-order valence-electron chi connectivity index (χ3n) is 4.26. The molecule has 2 saturated heterocycles. The fourth-order valence-corrected chi connectivity index (χ4v) is 5.48. The number of nitrogens with two attached hydrogens (primary N) is 1. The summed E-state index contributed by atoms with van der Waals surface area (Å²) in [7, 11) is -2.88. The highest BCUT2D eigenvalue weighted by molar-refractivity contribution is 7.91. The molecule has 2 N–H and O–H groups in total. The van der Waals surface area contributed by atoms with Gasteiger partial charge in [0.1, 0.15) is 0 Å². The lowest BCUT2D eigenvalue weighted by Gasteiger charge is -2.45. The predicted octanol–water partition coefficient (Wildman–Crippen LogP) is 0.490. The van der Waals surface area contributed by atoms with Gasteiger partial charge >= 0.3 is 0 Å². The van der Waals surface area contributed by atoms with Crippen LogP contribution in [-0.2, 0) is 16.4 Å². The molecular formula is C14H20N2O2S. The molecule has 4 nitrogen and oxygen atoms in total. The highest BCUT2D eigenvalue weighted by Gasteiger charge is 2.43. The van der Waals surface area contributed by atoms with Crippen molar-refractivity contribution in [1.82, 2.24) is 4.90 Å². The Hall–Kier alpha value is -0.910. The Morgan fingerprint density at radius 1 is 1.11 bits per heavy atom. The summed E-state index contributed by atoms with van der Waals surface area (Å²) < 4.78 is 23.6. The molecule has 0 aliphatic carbocycles. The zero-order valence-corrected chi connectivity index (χ0v) is 11.7. The van der Waals surface area contributed by atoms with Crippen LogP contribution in [-0.4, -0.2) is 44.0 Å². The van der Waals surface area contributed by atoms with Crippen LogP contribution in [0.5, 0.6) is 0 Å². The minimum atomic E-state index is -2.88. The van der Waals surface area contributed by atoms with Gasteiger partial charge in [0, 0.05) is 37.5 Å². The Balaban J connectivity index is 1.72. The van der Waals surface area contributed by atoms with Crippen LogP contribution in [0.2, 0.25) is 0 Å². The molecule has 3 atom stereocenters. The maximum absolute atomic E-state index is 11.8. The minimum Gasteiger partial charge on any atom is -0.327 e. The SMILES string of the molecule is NC1[C@@H]2CN(Cc3ccccc3)C[C@H]1CS(=O)(=O)C2. The number of piperidine rings is 1. The topological polar surface area (TPSA) is 63.4 Å². The first-order valence-electron chi connectivity index (χ1n) is 6.76. The third kappa shape index (κ3) is 2.83. The van der Waals surface area contributed by atoms with E-state index in [2.05, 4.69) is 17.0 Å². The van der Waals surface area contributed by atoms with Crippen LogP contribution in [0.15, 0.2) is 30.3 Å². The van der Waals surface area contributed by atoms with E-state index in [0.29, 0.717) is 0 Å². The Kier molecular flexibility index (Phi) is 3.37. The molecule has 2 aliphatic heterocycles. The van der Waals surface area contributed by atoms with Crippen molar-refractivity contribution in [2.75, 3.05) is 24.6 Å². The lowest BCUT2D eigenvalue weighted by atomic mass is 9.85. The zero-order chi connectivity index (χ0) is 13.5. The number of hydrogen-bond donors (Lipinski definition) is 1. The Morgan fingerprint density at radius 3 is 2.26 bits per heavy atom. The van der Waals surface area contributed by atoms with Crippen molar-refractivity contribution in [3.05, 3.63) is 35.9 Å².